The van der Waals surface area contributed by atoms with E-state index in [9.17, 15) is 22.8 Å². The van der Waals surface area contributed by atoms with Crippen LogP contribution in [0.15, 0.2) is 30.6 Å². The molecule has 9 nitrogen and oxygen atoms in total. The Morgan fingerprint density at radius 2 is 1.97 bits per heavy atom. The number of alkyl halides is 3. The number of nitrogens with one attached hydrogen (secondary N) is 2. The highest BCUT2D eigenvalue weighted by Gasteiger charge is 2.41. The highest BCUT2D eigenvalue weighted by Crippen LogP contribution is 2.34. The largest absolute Gasteiger partial charge is 0.405 e. The number of pyridine rings is 1. The van der Waals surface area contributed by atoms with Crippen LogP contribution in [0.4, 0.5) is 24.8 Å². The Kier molecular flexibility index (Phi) is 5.74. The Bertz CT molecular complexity index is 1090. The molecule has 2 N–H and O–H groups in total. The summed E-state index contributed by atoms with van der Waals surface area (Å²) >= 11 is 0. The zero-order valence-corrected chi connectivity index (χ0v) is 18.3. The first kappa shape index (κ1) is 22.4. The van der Waals surface area contributed by atoms with Gasteiger partial charge in [0.2, 0.25) is 11.8 Å². The maximum Gasteiger partial charge on any atom is 0.405 e. The van der Waals surface area contributed by atoms with Crippen molar-refractivity contribution in [2.75, 3.05) is 42.9 Å². The van der Waals surface area contributed by atoms with Crippen molar-refractivity contribution < 1.29 is 22.8 Å². The summed E-state index contributed by atoms with van der Waals surface area (Å²) in [5.41, 5.74) is 0.957. The molecule has 0 radical (unpaired) electrons. The molecule has 1 saturated carbocycles. The van der Waals surface area contributed by atoms with E-state index in [1.54, 1.807) is 28.3 Å². The van der Waals surface area contributed by atoms with E-state index in [2.05, 4.69) is 20.3 Å². The van der Waals surface area contributed by atoms with E-state index in [0.717, 1.165) is 24.2 Å². The van der Waals surface area contributed by atoms with E-state index in [1.807, 2.05) is 17.4 Å². The van der Waals surface area contributed by atoms with Crippen molar-refractivity contribution in [1.29, 1.82) is 0 Å². The molecule has 0 spiro atoms. The van der Waals surface area contributed by atoms with E-state index >= 15 is 0 Å². The van der Waals surface area contributed by atoms with Gasteiger partial charge in [0.1, 0.15) is 30.0 Å². The SMILES string of the molecule is O=C(NCC(F)(F)F)[C@H]1CN(C(=O)C2CC2)CCN1c1ccnc(C2CNc3ncccc32)n1. The maximum atomic E-state index is 12.8. The lowest BCUT2D eigenvalue weighted by molar-refractivity contribution is -0.141. The molecule has 2 fully saturated rings. The van der Waals surface area contributed by atoms with Crippen molar-refractivity contribution in [2.45, 2.75) is 31.0 Å². The molecule has 0 bridgehead atoms. The summed E-state index contributed by atoms with van der Waals surface area (Å²) in [6.45, 7) is -0.208. The fourth-order valence-electron chi connectivity index (χ4n) is 4.45. The summed E-state index contributed by atoms with van der Waals surface area (Å²) in [5.74, 6) is 0.716. The van der Waals surface area contributed by atoms with Gasteiger partial charge in [-0.3, -0.25) is 9.59 Å². The highest BCUT2D eigenvalue weighted by molar-refractivity contribution is 5.88. The first-order valence-corrected chi connectivity index (χ1v) is 11.2. The maximum absolute atomic E-state index is 12.8. The molecule has 0 aromatic carbocycles. The second-order valence-electron chi connectivity index (χ2n) is 8.75. The van der Waals surface area contributed by atoms with Gasteiger partial charge in [-0.25, -0.2) is 15.0 Å². The molecule has 1 aliphatic carbocycles. The van der Waals surface area contributed by atoms with Crippen LogP contribution in [-0.4, -0.2) is 76.6 Å². The standard InChI is InChI=1S/C22H24F3N7O2/c23-22(24,25)12-29-20(33)16-11-31(21(34)13-3-4-13)8-9-32(16)17-5-7-27-19(30-17)15-10-28-18-14(15)2-1-6-26-18/h1-2,5-7,13,15-16H,3-4,8-12H2,(H,26,28)(H,29,33)/t15?,16-/m1/s1. The molecule has 4 heterocycles. The number of anilines is 2. The topological polar surface area (TPSA) is 103 Å². The third-order valence-corrected chi connectivity index (χ3v) is 6.34. The first-order valence-electron chi connectivity index (χ1n) is 11.2. The monoisotopic (exact) mass is 475 g/mol. The molecule has 2 atom stereocenters. The van der Waals surface area contributed by atoms with Gasteiger partial charge in [0.05, 0.1) is 12.5 Å². The number of carbonyl (C=O) groups is 2. The number of rotatable bonds is 5. The molecular weight excluding hydrogens is 451 g/mol. The van der Waals surface area contributed by atoms with Gasteiger partial charge in [-0.1, -0.05) is 6.07 Å². The third-order valence-electron chi connectivity index (χ3n) is 6.34. The van der Waals surface area contributed by atoms with E-state index in [1.165, 1.54) is 0 Å². The Hall–Kier alpha value is -3.44. The second-order valence-corrected chi connectivity index (χ2v) is 8.75. The Balaban J connectivity index is 1.40. The number of hydrogen-bond acceptors (Lipinski definition) is 7. The van der Waals surface area contributed by atoms with E-state index in [0.29, 0.717) is 24.7 Å². The number of fused-ring (bicyclic) bond motifs is 1. The number of halogens is 3. The molecule has 5 rings (SSSR count). The molecule has 2 aromatic rings. The van der Waals surface area contributed by atoms with Gasteiger partial charge < -0.3 is 20.4 Å². The molecule has 34 heavy (non-hydrogen) atoms. The zero-order chi connectivity index (χ0) is 23.9. The van der Waals surface area contributed by atoms with Crippen LogP contribution in [0.5, 0.6) is 0 Å². The quantitative estimate of drug-likeness (QED) is 0.676. The summed E-state index contributed by atoms with van der Waals surface area (Å²) in [7, 11) is 0. The summed E-state index contributed by atoms with van der Waals surface area (Å²) in [6, 6.07) is 4.42. The molecule has 1 unspecified atom stereocenters. The van der Waals surface area contributed by atoms with Gasteiger partial charge in [-0.15, -0.1) is 0 Å². The van der Waals surface area contributed by atoms with Crippen molar-refractivity contribution in [3.8, 4) is 0 Å². The van der Waals surface area contributed by atoms with Crippen molar-refractivity contribution in [2.24, 2.45) is 5.92 Å². The van der Waals surface area contributed by atoms with Crippen molar-refractivity contribution >= 4 is 23.5 Å². The summed E-state index contributed by atoms with van der Waals surface area (Å²) < 4.78 is 38.2. The minimum Gasteiger partial charge on any atom is -0.369 e. The smallest absolute Gasteiger partial charge is 0.369 e. The second kappa shape index (κ2) is 8.73. The van der Waals surface area contributed by atoms with Crippen LogP contribution in [0.1, 0.15) is 30.1 Å². The number of carbonyl (C=O) groups excluding carboxylic acids is 2. The Morgan fingerprint density at radius 3 is 2.74 bits per heavy atom. The van der Waals surface area contributed by atoms with Crippen molar-refractivity contribution in [1.82, 2.24) is 25.2 Å². The van der Waals surface area contributed by atoms with E-state index in [-0.39, 0.29) is 30.8 Å². The number of aromatic nitrogens is 3. The van der Waals surface area contributed by atoms with Crippen LogP contribution in [0.2, 0.25) is 0 Å². The number of amides is 2. The van der Waals surface area contributed by atoms with E-state index < -0.39 is 24.7 Å². The number of hydrogen-bond donors (Lipinski definition) is 2. The summed E-state index contributed by atoms with van der Waals surface area (Å²) in [4.78, 5) is 42.1. The normalized spacial score (nSPS) is 22.2. The fraction of sp³-hybridized carbons (Fsp3) is 0.500. The highest BCUT2D eigenvalue weighted by atomic mass is 19.4. The van der Waals surface area contributed by atoms with E-state index in [4.69, 9.17) is 0 Å². The van der Waals surface area contributed by atoms with Gasteiger partial charge in [0.25, 0.3) is 0 Å². The van der Waals surface area contributed by atoms with Crippen LogP contribution in [0, 0.1) is 5.92 Å². The molecular formula is C22H24F3N7O2. The number of piperazine rings is 1. The molecule has 2 aliphatic heterocycles. The van der Waals surface area contributed by atoms with Crippen LogP contribution < -0.4 is 15.5 Å². The van der Waals surface area contributed by atoms with Crippen LogP contribution in [0.25, 0.3) is 0 Å². The van der Waals surface area contributed by atoms with Gasteiger partial charge in [0, 0.05) is 43.5 Å². The molecule has 3 aliphatic rings. The molecule has 12 heteroatoms. The lowest BCUT2D eigenvalue weighted by Crippen LogP contribution is -2.61. The van der Waals surface area contributed by atoms with Gasteiger partial charge >= 0.3 is 6.18 Å². The fourth-order valence-corrected chi connectivity index (χ4v) is 4.45. The molecule has 2 amide bonds. The molecule has 2 aromatic heterocycles. The molecule has 180 valence electrons. The zero-order valence-electron chi connectivity index (χ0n) is 18.3. The first-order chi connectivity index (χ1) is 16.3. The predicted octanol–water partition coefficient (Wildman–Crippen LogP) is 1.53. The lowest BCUT2D eigenvalue weighted by atomic mass is 10.0. The predicted molar refractivity (Wildman–Crippen MR) is 116 cm³/mol. The Labute approximate surface area is 193 Å². The lowest BCUT2D eigenvalue weighted by Gasteiger charge is -2.41. The minimum atomic E-state index is -4.53. The Morgan fingerprint density at radius 1 is 1.15 bits per heavy atom. The molecule has 1 saturated heterocycles. The summed E-state index contributed by atoms with van der Waals surface area (Å²) in [5, 5.41) is 5.19. The van der Waals surface area contributed by atoms with Crippen LogP contribution >= 0.6 is 0 Å². The summed E-state index contributed by atoms with van der Waals surface area (Å²) in [6.07, 6.45) is 0.365. The van der Waals surface area contributed by atoms with Crippen LogP contribution in [-0.2, 0) is 9.59 Å². The third kappa shape index (κ3) is 4.62. The van der Waals surface area contributed by atoms with Crippen LogP contribution in [0.3, 0.4) is 0 Å². The minimum absolute atomic E-state index is 0.0100. The number of nitrogens with zero attached hydrogens (tertiary/aromatic N) is 5. The van der Waals surface area contributed by atoms with Gasteiger partial charge in [0.15, 0.2) is 0 Å². The van der Waals surface area contributed by atoms with Gasteiger partial charge in [-0.05, 0) is 25.0 Å². The average molecular weight is 475 g/mol. The van der Waals surface area contributed by atoms with Gasteiger partial charge in [-0.2, -0.15) is 13.2 Å². The van der Waals surface area contributed by atoms with Crippen molar-refractivity contribution in [3.05, 3.63) is 42.0 Å². The van der Waals surface area contributed by atoms with Crippen molar-refractivity contribution in [3.63, 3.8) is 0 Å². The average Bonchev–Trinajstić information content (AvgIpc) is 3.60.